The van der Waals surface area contributed by atoms with Crippen LogP contribution in [0.3, 0.4) is 0 Å². The van der Waals surface area contributed by atoms with Crippen molar-refractivity contribution >= 4 is 11.9 Å². The number of carbonyl (C=O) groups is 2. The standard InChI is InChI=1S/C9H14F3NO4/c1-8(2,7(15)16)13-6(14)3-4-17-5-9(10,11)12/h3-5H2,1-2H3,(H,13,14)(H,15,16). The number of nitrogens with one attached hydrogen (secondary N) is 1. The Morgan fingerprint density at radius 3 is 2.24 bits per heavy atom. The summed E-state index contributed by atoms with van der Waals surface area (Å²) < 4.78 is 39.2. The molecule has 1 amide bonds. The summed E-state index contributed by atoms with van der Waals surface area (Å²) in [6, 6.07) is 0. The highest BCUT2D eigenvalue weighted by Crippen LogP contribution is 2.14. The van der Waals surface area contributed by atoms with E-state index in [1.807, 2.05) is 0 Å². The van der Waals surface area contributed by atoms with Gasteiger partial charge in [0.05, 0.1) is 6.61 Å². The predicted octanol–water partition coefficient (Wildman–Crippen LogP) is 0.935. The molecule has 0 saturated heterocycles. The highest BCUT2D eigenvalue weighted by atomic mass is 19.4. The van der Waals surface area contributed by atoms with E-state index in [1.165, 1.54) is 13.8 Å². The quantitative estimate of drug-likeness (QED) is 0.694. The first-order chi connectivity index (χ1) is 7.54. The molecule has 17 heavy (non-hydrogen) atoms. The van der Waals surface area contributed by atoms with Gasteiger partial charge in [0, 0.05) is 6.42 Å². The average Bonchev–Trinajstić information content (AvgIpc) is 2.10. The van der Waals surface area contributed by atoms with Crippen molar-refractivity contribution in [3.05, 3.63) is 0 Å². The lowest BCUT2D eigenvalue weighted by molar-refractivity contribution is -0.174. The maximum atomic E-state index is 11.7. The lowest BCUT2D eigenvalue weighted by atomic mass is 10.1. The van der Waals surface area contributed by atoms with Crippen molar-refractivity contribution in [2.75, 3.05) is 13.2 Å². The number of halogens is 3. The molecule has 0 heterocycles. The minimum Gasteiger partial charge on any atom is -0.480 e. The number of hydrogen-bond donors (Lipinski definition) is 2. The Balaban J connectivity index is 3.86. The van der Waals surface area contributed by atoms with Crippen molar-refractivity contribution in [2.24, 2.45) is 0 Å². The Bertz CT molecular complexity index is 288. The van der Waals surface area contributed by atoms with Gasteiger partial charge in [0.15, 0.2) is 0 Å². The molecule has 0 radical (unpaired) electrons. The van der Waals surface area contributed by atoms with E-state index in [0.717, 1.165) is 0 Å². The Morgan fingerprint density at radius 1 is 1.29 bits per heavy atom. The number of hydrogen-bond acceptors (Lipinski definition) is 3. The van der Waals surface area contributed by atoms with E-state index in [4.69, 9.17) is 5.11 Å². The smallest absolute Gasteiger partial charge is 0.411 e. The summed E-state index contributed by atoms with van der Waals surface area (Å²) in [5.74, 6) is -1.92. The van der Waals surface area contributed by atoms with E-state index >= 15 is 0 Å². The van der Waals surface area contributed by atoms with Crippen LogP contribution in [0.1, 0.15) is 20.3 Å². The van der Waals surface area contributed by atoms with E-state index in [0.29, 0.717) is 0 Å². The van der Waals surface area contributed by atoms with Gasteiger partial charge in [-0.05, 0) is 13.8 Å². The SMILES string of the molecule is CC(C)(NC(=O)CCOCC(F)(F)F)C(=O)O. The van der Waals surface area contributed by atoms with Crippen LogP contribution in [0.2, 0.25) is 0 Å². The second-order valence-corrected chi connectivity index (χ2v) is 3.90. The third-order valence-corrected chi connectivity index (χ3v) is 1.73. The molecule has 0 bridgehead atoms. The van der Waals surface area contributed by atoms with Gasteiger partial charge in [-0.25, -0.2) is 4.79 Å². The van der Waals surface area contributed by atoms with E-state index in [9.17, 15) is 22.8 Å². The zero-order valence-corrected chi connectivity index (χ0v) is 9.43. The molecule has 0 aliphatic heterocycles. The van der Waals surface area contributed by atoms with Crippen LogP contribution >= 0.6 is 0 Å². The largest absolute Gasteiger partial charge is 0.480 e. The lowest BCUT2D eigenvalue weighted by Crippen LogP contribution is -2.49. The first kappa shape index (κ1) is 15.7. The van der Waals surface area contributed by atoms with Crippen LogP contribution in [0.25, 0.3) is 0 Å². The van der Waals surface area contributed by atoms with Gasteiger partial charge in [0.2, 0.25) is 5.91 Å². The highest BCUT2D eigenvalue weighted by Gasteiger charge is 2.29. The maximum Gasteiger partial charge on any atom is 0.411 e. The number of ether oxygens (including phenoxy) is 1. The van der Waals surface area contributed by atoms with Crippen LogP contribution in [0.4, 0.5) is 13.2 Å². The molecule has 0 aliphatic rings. The highest BCUT2D eigenvalue weighted by molar-refractivity contribution is 5.86. The zero-order chi connectivity index (χ0) is 13.7. The molecule has 0 saturated carbocycles. The molecule has 0 aromatic carbocycles. The molecule has 0 fully saturated rings. The maximum absolute atomic E-state index is 11.7. The van der Waals surface area contributed by atoms with Gasteiger partial charge in [-0.1, -0.05) is 0 Å². The van der Waals surface area contributed by atoms with Gasteiger partial charge in [-0.2, -0.15) is 13.2 Å². The average molecular weight is 257 g/mol. The van der Waals surface area contributed by atoms with Crippen LogP contribution in [0, 0.1) is 0 Å². The summed E-state index contributed by atoms with van der Waals surface area (Å²) in [6.45, 7) is 0.692. The Morgan fingerprint density at radius 2 is 1.82 bits per heavy atom. The van der Waals surface area contributed by atoms with E-state index in [-0.39, 0.29) is 6.42 Å². The molecule has 0 aliphatic carbocycles. The molecule has 100 valence electrons. The third kappa shape index (κ3) is 7.56. The third-order valence-electron chi connectivity index (χ3n) is 1.73. The minimum absolute atomic E-state index is 0.327. The number of aliphatic carboxylic acids is 1. The van der Waals surface area contributed by atoms with Crippen LogP contribution in [-0.4, -0.2) is 41.9 Å². The molecule has 0 unspecified atom stereocenters. The fourth-order valence-electron chi connectivity index (χ4n) is 0.817. The first-order valence-corrected chi connectivity index (χ1v) is 4.73. The lowest BCUT2D eigenvalue weighted by Gasteiger charge is -2.20. The summed E-state index contributed by atoms with van der Waals surface area (Å²) in [5, 5.41) is 10.8. The summed E-state index contributed by atoms with van der Waals surface area (Å²) in [6.07, 6.45) is -4.76. The topological polar surface area (TPSA) is 75.6 Å². The molecule has 0 atom stereocenters. The molecule has 0 rings (SSSR count). The molecule has 0 aromatic heterocycles. The normalized spacial score (nSPS) is 12.3. The van der Waals surface area contributed by atoms with Crippen molar-refractivity contribution < 1.29 is 32.6 Å². The van der Waals surface area contributed by atoms with Gasteiger partial charge < -0.3 is 15.2 Å². The van der Waals surface area contributed by atoms with Gasteiger partial charge in [0.25, 0.3) is 0 Å². The number of alkyl halides is 3. The molecule has 2 N–H and O–H groups in total. The molecule has 8 heteroatoms. The summed E-state index contributed by atoms with van der Waals surface area (Å²) in [5.41, 5.74) is -1.46. The van der Waals surface area contributed by atoms with Crippen LogP contribution in [-0.2, 0) is 14.3 Å². The second-order valence-electron chi connectivity index (χ2n) is 3.90. The number of rotatable bonds is 6. The number of amides is 1. The van der Waals surface area contributed by atoms with Crippen LogP contribution < -0.4 is 5.32 Å². The fraction of sp³-hybridized carbons (Fsp3) is 0.778. The first-order valence-electron chi connectivity index (χ1n) is 4.73. The van der Waals surface area contributed by atoms with Crippen LogP contribution in [0.5, 0.6) is 0 Å². The van der Waals surface area contributed by atoms with E-state index in [1.54, 1.807) is 0 Å². The fourth-order valence-corrected chi connectivity index (χ4v) is 0.817. The monoisotopic (exact) mass is 257 g/mol. The van der Waals surface area contributed by atoms with Gasteiger partial charge in [-0.3, -0.25) is 4.79 Å². The molecule has 5 nitrogen and oxygen atoms in total. The Kier molecular flexibility index (Phi) is 5.40. The molecular formula is C9H14F3NO4. The van der Waals surface area contributed by atoms with Crippen molar-refractivity contribution in [1.82, 2.24) is 5.32 Å². The van der Waals surface area contributed by atoms with Crippen molar-refractivity contribution in [3.63, 3.8) is 0 Å². The summed E-state index contributed by atoms with van der Waals surface area (Å²) in [4.78, 5) is 21.8. The van der Waals surface area contributed by atoms with Crippen LogP contribution in [0.15, 0.2) is 0 Å². The molecular weight excluding hydrogens is 243 g/mol. The Labute approximate surface area is 95.9 Å². The number of carboxylic acid groups (broad SMARTS) is 1. The van der Waals surface area contributed by atoms with Crippen molar-refractivity contribution in [3.8, 4) is 0 Å². The van der Waals surface area contributed by atoms with Gasteiger partial charge in [0.1, 0.15) is 12.1 Å². The minimum atomic E-state index is -4.43. The Hall–Kier alpha value is -1.31. The number of carboxylic acids is 1. The van der Waals surface area contributed by atoms with E-state index < -0.39 is 36.8 Å². The summed E-state index contributed by atoms with van der Waals surface area (Å²) >= 11 is 0. The predicted molar refractivity (Wildman–Crippen MR) is 51.3 cm³/mol. The van der Waals surface area contributed by atoms with Crippen molar-refractivity contribution in [1.29, 1.82) is 0 Å². The summed E-state index contributed by atoms with van der Waals surface area (Å²) in [7, 11) is 0. The zero-order valence-electron chi connectivity index (χ0n) is 9.43. The number of carbonyl (C=O) groups excluding carboxylic acids is 1. The molecule has 0 aromatic rings. The van der Waals surface area contributed by atoms with Crippen molar-refractivity contribution in [2.45, 2.75) is 32.0 Å². The van der Waals surface area contributed by atoms with Gasteiger partial charge >= 0.3 is 12.1 Å². The van der Waals surface area contributed by atoms with Gasteiger partial charge in [-0.15, -0.1) is 0 Å². The second kappa shape index (κ2) is 5.85. The molecule has 0 spiro atoms. The van der Waals surface area contributed by atoms with E-state index in [2.05, 4.69) is 10.1 Å².